The highest BCUT2D eigenvalue weighted by atomic mass is 35.5. The molecule has 1 aliphatic rings. The van der Waals surface area contributed by atoms with Crippen molar-refractivity contribution in [2.75, 3.05) is 13.1 Å². The zero-order valence-electron chi connectivity index (χ0n) is 12.3. The number of piperazine rings is 1. The van der Waals surface area contributed by atoms with Crippen molar-refractivity contribution in [1.82, 2.24) is 10.2 Å². The fourth-order valence-electron chi connectivity index (χ4n) is 2.96. The third kappa shape index (κ3) is 3.88. The fourth-order valence-corrected chi connectivity index (χ4v) is 3.34. The first-order chi connectivity index (χ1) is 9.65. The van der Waals surface area contributed by atoms with Gasteiger partial charge < -0.3 is 5.32 Å². The van der Waals surface area contributed by atoms with Crippen LogP contribution in [-0.2, 0) is 6.54 Å². The van der Waals surface area contributed by atoms with E-state index < -0.39 is 0 Å². The first-order valence-electron chi connectivity index (χ1n) is 7.56. The van der Waals surface area contributed by atoms with Gasteiger partial charge in [0.25, 0.3) is 0 Å². The molecule has 2 rings (SSSR count). The van der Waals surface area contributed by atoms with Crippen LogP contribution in [0.3, 0.4) is 0 Å². The molecule has 1 aromatic rings. The molecule has 1 N–H and O–H groups in total. The summed E-state index contributed by atoms with van der Waals surface area (Å²) in [5, 5.41) is 5.02. The van der Waals surface area contributed by atoms with Gasteiger partial charge in [0.05, 0.1) is 10.0 Å². The minimum atomic E-state index is 0.582. The number of nitrogens with one attached hydrogen (secondary N) is 1. The van der Waals surface area contributed by atoms with Crippen LogP contribution in [0.25, 0.3) is 0 Å². The molecule has 0 aromatic heterocycles. The van der Waals surface area contributed by atoms with Gasteiger partial charge in [0, 0.05) is 31.7 Å². The average molecular weight is 315 g/mol. The summed E-state index contributed by atoms with van der Waals surface area (Å²) in [6, 6.07) is 7.09. The van der Waals surface area contributed by atoms with Gasteiger partial charge in [0.1, 0.15) is 0 Å². The highest BCUT2D eigenvalue weighted by molar-refractivity contribution is 6.42. The first kappa shape index (κ1) is 16.1. The number of hydrogen-bond donors (Lipinski definition) is 1. The molecular formula is C16H24Cl2N2. The van der Waals surface area contributed by atoms with Crippen molar-refractivity contribution >= 4 is 23.2 Å². The van der Waals surface area contributed by atoms with Crippen molar-refractivity contribution < 1.29 is 0 Å². The SMILES string of the molecule is CCCC1CN(Cc2cccc(Cl)c2Cl)C(CC)CN1. The molecule has 0 spiro atoms. The second-order valence-corrected chi connectivity index (χ2v) is 6.38. The summed E-state index contributed by atoms with van der Waals surface area (Å²) in [6.07, 6.45) is 3.61. The molecule has 1 aliphatic heterocycles. The number of rotatable bonds is 5. The van der Waals surface area contributed by atoms with Crippen LogP contribution >= 0.6 is 23.2 Å². The van der Waals surface area contributed by atoms with Crippen LogP contribution in [0.15, 0.2) is 18.2 Å². The topological polar surface area (TPSA) is 15.3 Å². The van der Waals surface area contributed by atoms with Gasteiger partial charge in [-0.15, -0.1) is 0 Å². The van der Waals surface area contributed by atoms with E-state index in [0.29, 0.717) is 22.1 Å². The van der Waals surface area contributed by atoms with Crippen molar-refractivity contribution in [3.8, 4) is 0 Å². The summed E-state index contributed by atoms with van der Waals surface area (Å²) in [5.41, 5.74) is 1.13. The Balaban J connectivity index is 2.09. The van der Waals surface area contributed by atoms with Gasteiger partial charge in [0.2, 0.25) is 0 Å². The molecule has 0 bridgehead atoms. The van der Waals surface area contributed by atoms with Gasteiger partial charge >= 0.3 is 0 Å². The molecular weight excluding hydrogens is 291 g/mol. The Kier molecular flexibility index (Phi) is 6.16. The second-order valence-electron chi connectivity index (χ2n) is 5.60. The molecule has 20 heavy (non-hydrogen) atoms. The van der Waals surface area contributed by atoms with Gasteiger partial charge in [-0.2, -0.15) is 0 Å². The van der Waals surface area contributed by atoms with Crippen molar-refractivity contribution in [3.63, 3.8) is 0 Å². The highest BCUT2D eigenvalue weighted by Gasteiger charge is 2.26. The zero-order chi connectivity index (χ0) is 14.5. The Morgan fingerprint density at radius 3 is 2.80 bits per heavy atom. The Morgan fingerprint density at radius 2 is 2.10 bits per heavy atom. The van der Waals surface area contributed by atoms with E-state index in [1.807, 2.05) is 12.1 Å². The largest absolute Gasteiger partial charge is 0.311 e. The second kappa shape index (κ2) is 7.65. The smallest absolute Gasteiger partial charge is 0.0637 e. The van der Waals surface area contributed by atoms with Gasteiger partial charge in [-0.3, -0.25) is 4.90 Å². The molecule has 0 radical (unpaired) electrons. The molecule has 1 fully saturated rings. The lowest BCUT2D eigenvalue weighted by molar-refractivity contribution is 0.115. The monoisotopic (exact) mass is 314 g/mol. The van der Waals surface area contributed by atoms with Crippen LogP contribution in [0.1, 0.15) is 38.7 Å². The van der Waals surface area contributed by atoms with E-state index in [1.54, 1.807) is 0 Å². The molecule has 1 aromatic carbocycles. The average Bonchev–Trinajstić information content (AvgIpc) is 2.45. The van der Waals surface area contributed by atoms with E-state index in [0.717, 1.165) is 31.6 Å². The Bertz CT molecular complexity index is 436. The molecule has 1 saturated heterocycles. The predicted octanol–water partition coefficient (Wildman–Crippen LogP) is 4.35. The minimum Gasteiger partial charge on any atom is -0.311 e. The quantitative estimate of drug-likeness (QED) is 0.869. The summed E-state index contributed by atoms with van der Waals surface area (Å²) in [5.74, 6) is 0. The van der Waals surface area contributed by atoms with Gasteiger partial charge in [-0.05, 0) is 24.5 Å². The molecule has 0 aliphatic carbocycles. The third-order valence-corrected chi connectivity index (χ3v) is 4.98. The molecule has 0 saturated carbocycles. The van der Waals surface area contributed by atoms with E-state index in [9.17, 15) is 0 Å². The Hall–Kier alpha value is -0.280. The number of halogens is 2. The number of nitrogens with zero attached hydrogens (tertiary/aromatic N) is 1. The summed E-state index contributed by atoms with van der Waals surface area (Å²) in [7, 11) is 0. The molecule has 1 heterocycles. The molecule has 0 amide bonds. The van der Waals surface area contributed by atoms with E-state index in [1.165, 1.54) is 12.8 Å². The van der Waals surface area contributed by atoms with Crippen molar-refractivity contribution in [2.45, 2.75) is 51.7 Å². The van der Waals surface area contributed by atoms with E-state index >= 15 is 0 Å². The lowest BCUT2D eigenvalue weighted by Gasteiger charge is -2.40. The maximum Gasteiger partial charge on any atom is 0.0637 e. The van der Waals surface area contributed by atoms with Crippen molar-refractivity contribution in [2.24, 2.45) is 0 Å². The Morgan fingerprint density at radius 1 is 1.30 bits per heavy atom. The standard InChI is InChI=1S/C16H24Cl2N2/c1-3-6-13-11-20(14(4-2)9-19-13)10-12-7-5-8-15(17)16(12)18/h5,7-8,13-14,19H,3-4,6,9-11H2,1-2H3. The first-order valence-corrected chi connectivity index (χ1v) is 8.31. The predicted molar refractivity (Wildman–Crippen MR) is 87.6 cm³/mol. The number of hydrogen-bond acceptors (Lipinski definition) is 2. The maximum absolute atomic E-state index is 6.33. The van der Waals surface area contributed by atoms with Crippen molar-refractivity contribution in [3.05, 3.63) is 33.8 Å². The molecule has 2 nitrogen and oxygen atoms in total. The molecule has 112 valence electrons. The van der Waals surface area contributed by atoms with Gasteiger partial charge in [-0.1, -0.05) is 55.6 Å². The van der Waals surface area contributed by atoms with Crippen LogP contribution in [0.2, 0.25) is 10.0 Å². The lowest BCUT2D eigenvalue weighted by Crippen LogP contribution is -2.55. The summed E-state index contributed by atoms with van der Waals surface area (Å²) < 4.78 is 0. The Labute approximate surface area is 132 Å². The normalized spacial score (nSPS) is 24.0. The van der Waals surface area contributed by atoms with Gasteiger partial charge in [0.15, 0.2) is 0 Å². The lowest BCUT2D eigenvalue weighted by atomic mass is 10.0. The van der Waals surface area contributed by atoms with Crippen LogP contribution < -0.4 is 5.32 Å². The zero-order valence-corrected chi connectivity index (χ0v) is 13.8. The molecule has 2 atom stereocenters. The van der Waals surface area contributed by atoms with Crippen LogP contribution in [0.5, 0.6) is 0 Å². The van der Waals surface area contributed by atoms with E-state index in [2.05, 4.69) is 30.1 Å². The van der Waals surface area contributed by atoms with Gasteiger partial charge in [-0.25, -0.2) is 0 Å². The van der Waals surface area contributed by atoms with Crippen molar-refractivity contribution in [1.29, 1.82) is 0 Å². The van der Waals surface area contributed by atoms with E-state index in [4.69, 9.17) is 23.2 Å². The molecule has 4 heteroatoms. The minimum absolute atomic E-state index is 0.582. The number of benzene rings is 1. The highest BCUT2D eigenvalue weighted by Crippen LogP contribution is 2.28. The summed E-state index contributed by atoms with van der Waals surface area (Å²) >= 11 is 12.4. The van der Waals surface area contributed by atoms with Crippen LogP contribution in [0.4, 0.5) is 0 Å². The summed E-state index contributed by atoms with van der Waals surface area (Å²) in [4.78, 5) is 2.55. The molecule has 2 unspecified atom stereocenters. The fraction of sp³-hybridized carbons (Fsp3) is 0.625. The third-order valence-electron chi connectivity index (χ3n) is 4.13. The summed E-state index contributed by atoms with van der Waals surface area (Å²) in [6.45, 7) is 7.54. The maximum atomic E-state index is 6.33. The van der Waals surface area contributed by atoms with E-state index in [-0.39, 0.29) is 0 Å². The van der Waals surface area contributed by atoms with Crippen LogP contribution in [-0.4, -0.2) is 30.1 Å². The van der Waals surface area contributed by atoms with Crippen LogP contribution in [0, 0.1) is 0 Å².